The zero-order valence-corrected chi connectivity index (χ0v) is 13.1. The quantitative estimate of drug-likeness (QED) is 0.920. The molecular weight excluding hydrogens is 304 g/mol. The number of hydrogen-bond acceptors (Lipinski definition) is 3. The Bertz CT molecular complexity index is 550. The average molecular weight is 323 g/mol. The molecule has 4 nitrogen and oxygen atoms in total. The summed E-state index contributed by atoms with van der Waals surface area (Å²) < 4.78 is 2.97. The topological polar surface area (TPSA) is 42.7 Å². The maximum absolute atomic E-state index is 4.43. The van der Waals surface area contributed by atoms with E-state index in [-0.39, 0.29) is 6.04 Å². The van der Waals surface area contributed by atoms with E-state index in [4.69, 9.17) is 0 Å². The van der Waals surface area contributed by atoms with Gasteiger partial charge in [-0.1, -0.05) is 6.92 Å². The number of aromatic nitrogens is 3. The zero-order valence-electron chi connectivity index (χ0n) is 11.5. The minimum atomic E-state index is 0.257. The number of nitrogens with zero attached hydrogens (tertiary/aromatic N) is 3. The fraction of sp³-hybridized carbons (Fsp3) is 0.429. The second kappa shape index (κ2) is 6.30. The standard InChI is InChI=1S/C14H19BrN4/c1-4-17-13(14-5-10(2)18-19(14)3)7-11-6-12(15)9-16-8-11/h5-6,8-9,13,17H,4,7H2,1-3H3. The first-order chi connectivity index (χ1) is 9.10. The Balaban J connectivity index is 2.23. The molecule has 1 unspecified atom stereocenters. The molecular formula is C14H19BrN4. The van der Waals surface area contributed by atoms with Gasteiger partial charge in [-0.25, -0.2) is 0 Å². The molecule has 2 rings (SSSR count). The highest BCUT2D eigenvalue weighted by Gasteiger charge is 2.16. The van der Waals surface area contributed by atoms with Gasteiger partial charge in [-0.3, -0.25) is 9.67 Å². The van der Waals surface area contributed by atoms with Gasteiger partial charge in [-0.05, 0) is 53.5 Å². The van der Waals surface area contributed by atoms with Gasteiger partial charge in [-0.2, -0.15) is 5.10 Å². The van der Waals surface area contributed by atoms with Crippen molar-refractivity contribution in [3.05, 3.63) is 46.0 Å². The highest BCUT2D eigenvalue weighted by Crippen LogP contribution is 2.20. The molecule has 0 spiro atoms. The first-order valence-corrected chi connectivity index (χ1v) is 7.22. The SMILES string of the molecule is CCNC(Cc1cncc(Br)c1)c1cc(C)nn1C. The van der Waals surface area contributed by atoms with Crippen molar-refractivity contribution in [2.45, 2.75) is 26.3 Å². The molecule has 2 aromatic heterocycles. The van der Waals surface area contributed by atoms with Crippen molar-refractivity contribution in [1.82, 2.24) is 20.1 Å². The highest BCUT2D eigenvalue weighted by atomic mass is 79.9. The van der Waals surface area contributed by atoms with Crippen molar-refractivity contribution in [1.29, 1.82) is 0 Å². The predicted molar refractivity (Wildman–Crippen MR) is 80.0 cm³/mol. The van der Waals surface area contributed by atoms with E-state index in [9.17, 15) is 0 Å². The molecule has 1 N–H and O–H groups in total. The van der Waals surface area contributed by atoms with Crippen LogP contribution in [0, 0.1) is 6.92 Å². The second-order valence-electron chi connectivity index (χ2n) is 4.66. The third kappa shape index (κ3) is 3.64. The lowest BCUT2D eigenvalue weighted by atomic mass is 10.0. The Labute approximate surface area is 122 Å². The van der Waals surface area contributed by atoms with Crippen LogP contribution in [0.3, 0.4) is 0 Å². The summed E-state index contributed by atoms with van der Waals surface area (Å²) in [6.07, 6.45) is 4.62. The van der Waals surface area contributed by atoms with Crippen molar-refractivity contribution in [3.8, 4) is 0 Å². The Morgan fingerprint density at radius 1 is 1.37 bits per heavy atom. The van der Waals surface area contributed by atoms with Gasteiger partial charge in [0.2, 0.25) is 0 Å². The Hall–Kier alpha value is -1.20. The molecule has 0 saturated carbocycles. The van der Waals surface area contributed by atoms with E-state index in [1.54, 1.807) is 6.20 Å². The molecule has 1 atom stereocenters. The van der Waals surface area contributed by atoms with Crippen LogP contribution in [0.5, 0.6) is 0 Å². The molecule has 0 aliphatic heterocycles. The van der Waals surface area contributed by atoms with Crippen LogP contribution in [0.4, 0.5) is 0 Å². The molecule has 0 aliphatic carbocycles. The maximum atomic E-state index is 4.43. The van der Waals surface area contributed by atoms with Crippen molar-refractivity contribution < 1.29 is 0 Å². The van der Waals surface area contributed by atoms with Crippen molar-refractivity contribution in [2.75, 3.05) is 6.54 Å². The number of aryl methyl sites for hydroxylation is 2. The van der Waals surface area contributed by atoms with Crippen LogP contribution in [0.1, 0.15) is 29.9 Å². The summed E-state index contributed by atoms with van der Waals surface area (Å²) >= 11 is 3.47. The number of rotatable bonds is 5. The zero-order chi connectivity index (χ0) is 13.8. The lowest BCUT2D eigenvalue weighted by Crippen LogP contribution is -2.25. The molecule has 0 amide bonds. The van der Waals surface area contributed by atoms with E-state index in [0.29, 0.717) is 0 Å². The molecule has 2 heterocycles. The van der Waals surface area contributed by atoms with Crippen LogP contribution >= 0.6 is 15.9 Å². The van der Waals surface area contributed by atoms with E-state index >= 15 is 0 Å². The van der Waals surface area contributed by atoms with Crippen LogP contribution in [-0.2, 0) is 13.5 Å². The fourth-order valence-electron chi connectivity index (χ4n) is 2.29. The number of hydrogen-bond donors (Lipinski definition) is 1. The monoisotopic (exact) mass is 322 g/mol. The van der Waals surface area contributed by atoms with E-state index in [1.165, 1.54) is 11.3 Å². The Morgan fingerprint density at radius 3 is 2.74 bits per heavy atom. The molecule has 2 aromatic rings. The van der Waals surface area contributed by atoms with Crippen LogP contribution in [0.2, 0.25) is 0 Å². The first-order valence-electron chi connectivity index (χ1n) is 6.43. The van der Waals surface area contributed by atoms with Crippen molar-refractivity contribution in [2.24, 2.45) is 7.05 Å². The highest BCUT2D eigenvalue weighted by molar-refractivity contribution is 9.10. The van der Waals surface area contributed by atoms with E-state index < -0.39 is 0 Å². The average Bonchev–Trinajstić information content (AvgIpc) is 2.68. The lowest BCUT2D eigenvalue weighted by Gasteiger charge is -2.18. The van der Waals surface area contributed by atoms with E-state index in [2.05, 4.69) is 50.4 Å². The number of halogens is 1. The fourth-order valence-corrected chi connectivity index (χ4v) is 2.70. The normalized spacial score (nSPS) is 12.6. The van der Waals surface area contributed by atoms with Gasteiger partial charge < -0.3 is 5.32 Å². The van der Waals surface area contributed by atoms with Gasteiger partial charge in [0.25, 0.3) is 0 Å². The minimum absolute atomic E-state index is 0.257. The lowest BCUT2D eigenvalue weighted by molar-refractivity contribution is 0.507. The largest absolute Gasteiger partial charge is 0.309 e. The third-order valence-corrected chi connectivity index (χ3v) is 3.48. The van der Waals surface area contributed by atoms with Crippen LogP contribution in [-0.4, -0.2) is 21.3 Å². The molecule has 0 saturated heterocycles. The van der Waals surface area contributed by atoms with Gasteiger partial charge in [0.1, 0.15) is 0 Å². The Kier molecular flexibility index (Phi) is 4.71. The summed E-state index contributed by atoms with van der Waals surface area (Å²) in [6.45, 7) is 5.07. The van der Waals surface area contributed by atoms with E-state index in [0.717, 1.165) is 23.1 Å². The first kappa shape index (κ1) is 14.2. The summed E-state index contributed by atoms with van der Waals surface area (Å²) in [5.74, 6) is 0. The summed E-state index contributed by atoms with van der Waals surface area (Å²) in [5, 5.41) is 7.94. The summed E-state index contributed by atoms with van der Waals surface area (Å²) in [4.78, 5) is 4.22. The van der Waals surface area contributed by atoms with Gasteiger partial charge in [0.05, 0.1) is 17.4 Å². The predicted octanol–water partition coefficient (Wildman–Crippen LogP) is 2.78. The van der Waals surface area contributed by atoms with Gasteiger partial charge in [-0.15, -0.1) is 0 Å². The van der Waals surface area contributed by atoms with Crippen LogP contribution in [0.25, 0.3) is 0 Å². The smallest absolute Gasteiger partial charge is 0.0597 e. The third-order valence-electron chi connectivity index (χ3n) is 3.05. The van der Waals surface area contributed by atoms with Gasteiger partial charge >= 0.3 is 0 Å². The summed E-state index contributed by atoms with van der Waals surface area (Å²) in [7, 11) is 1.99. The molecule has 0 radical (unpaired) electrons. The molecule has 102 valence electrons. The minimum Gasteiger partial charge on any atom is -0.309 e. The summed E-state index contributed by atoms with van der Waals surface area (Å²) in [5.41, 5.74) is 3.46. The summed E-state index contributed by atoms with van der Waals surface area (Å²) in [6, 6.07) is 4.51. The number of pyridine rings is 1. The molecule has 0 aliphatic rings. The molecule has 0 aromatic carbocycles. The van der Waals surface area contributed by atoms with Crippen molar-refractivity contribution >= 4 is 15.9 Å². The van der Waals surface area contributed by atoms with Gasteiger partial charge in [0, 0.05) is 23.9 Å². The molecule has 5 heteroatoms. The van der Waals surface area contributed by atoms with E-state index in [1.807, 2.05) is 24.9 Å². The molecule has 0 bridgehead atoms. The van der Waals surface area contributed by atoms with Crippen LogP contribution < -0.4 is 5.32 Å². The van der Waals surface area contributed by atoms with Gasteiger partial charge in [0.15, 0.2) is 0 Å². The molecule has 19 heavy (non-hydrogen) atoms. The maximum Gasteiger partial charge on any atom is 0.0597 e. The number of nitrogens with one attached hydrogen (secondary N) is 1. The molecule has 0 fully saturated rings. The number of likely N-dealkylation sites (N-methyl/N-ethyl adjacent to an activating group) is 1. The van der Waals surface area contributed by atoms with Crippen molar-refractivity contribution in [3.63, 3.8) is 0 Å². The Morgan fingerprint density at radius 2 is 2.16 bits per heavy atom. The second-order valence-corrected chi connectivity index (χ2v) is 5.58. The van der Waals surface area contributed by atoms with Crippen LogP contribution in [0.15, 0.2) is 29.0 Å².